The Balaban J connectivity index is 3.93. The minimum atomic E-state index is -1.16. The molecular weight excluding hydrogens is 202 g/mol. The van der Waals surface area contributed by atoms with Crippen LogP contribution >= 0.6 is 0 Å². The lowest BCUT2D eigenvalue weighted by molar-refractivity contribution is -0.0375. The molecule has 0 aliphatic carbocycles. The number of rotatable bonds is 7. The highest BCUT2D eigenvalue weighted by atomic mass is 16.6. The number of hydrogen-bond acceptors (Lipinski definition) is 5. The van der Waals surface area contributed by atoms with Gasteiger partial charge in [-0.05, 0) is 6.42 Å². The SMILES string of the molecule is CCCNC(=O)OCC(CO)(CO)CO. The first-order chi connectivity index (χ1) is 7.14. The van der Waals surface area contributed by atoms with Crippen molar-refractivity contribution in [1.29, 1.82) is 0 Å². The van der Waals surface area contributed by atoms with Crippen LogP contribution in [0.4, 0.5) is 4.79 Å². The molecule has 0 aliphatic rings. The van der Waals surface area contributed by atoms with Crippen LogP contribution in [0.2, 0.25) is 0 Å². The average molecular weight is 221 g/mol. The fourth-order valence-electron chi connectivity index (χ4n) is 0.784. The molecule has 0 bridgehead atoms. The van der Waals surface area contributed by atoms with Gasteiger partial charge in [-0.3, -0.25) is 0 Å². The lowest BCUT2D eigenvalue weighted by atomic mass is 9.93. The van der Waals surface area contributed by atoms with Crippen molar-refractivity contribution in [3.63, 3.8) is 0 Å². The molecule has 6 nitrogen and oxygen atoms in total. The summed E-state index contributed by atoms with van der Waals surface area (Å²) in [4.78, 5) is 11.0. The zero-order valence-corrected chi connectivity index (χ0v) is 8.90. The number of carbonyl (C=O) groups excluding carboxylic acids is 1. The molecule has 0 rings (SSSR count). The van der Waals surface area contributed by atoms with Crippen LogP contribution < -0.4 is 5.32 Å². The Hall–Kier alpha value is -0.850. The van der Waals surface area contributed by atoms with Crippen LogP contribution in [0.25, 0.3) is 0 Å². The second-order valence-electron chi connectivity index (χ2n) is 3.48. The molecule has 1 amide bonds. The molecule has 0 aromatic heterocycles. The monoisotopic (exact) mass is 221 g/mol. The van der Waals surface area contributed by atoms with E-state index in [2.05, 4.69) is 5.32 Å². The van der Waals surface area contributed by atoms with Gasteiger partial charge in [0.2, 0.25) is 0 Å². The fourth-order valence-corrected chi connectivity index (χ4v) is 0.784. The molecule has 0 fully saturated rings. The molecule has 0 atom stereocenters. The third kappa shape index (κ3) is 4.96. The first-order valence-electron chi connectivity index (χ1n) is 4.87. The molecule has 15 heavy (non-hydrogen) atoms. The fraction of sp³-hybridized carbons (Fsp3) is 0.889. The van der Waals surface area contributed by atoms with Crippen LogP contribution in [0.15, 0.2) is 0 Å². The van der Waals surface area contributed by atoms with Gasteiger partial charge < -0.3 is 25.4 Å². The van der Waals surface area contributed by atoms with Crippen molar-refractivity contribution in [2.75, 3.05) is 33.0 Å². The number of carbonyl (C=O) groups is 1. The minimum absolute atomic E-state index is 0.216. The Bertz CT molecular complexity index is 173. The Morgan fingerprint density at radius 3 is 2.20 bits per heavy atom. The molecule has 90 valence electrons. The van der Waals surface area contributed by atoms with Crippen molar-refractivity contribution < 1.29 is 24.9 Å². The van der Waals surface area contributed by atoms with Gasteiger partial charge >= 0.3 is 6.09 Å². The molecular formula is C9H19NO5. The summed E-state index contributed by atoms with van der Waals surface area (Å²) in [5.41, 5.74) is -1.16. The van der Waals surface area contributed by atoms with E-state index in [0.717, 1.165) is 6.42 Å². The van der Waals surface area contributed by atoms with E-state index in [1.807, 2.05) is 6.92 Å². The highest BCUT2D eigenvalue weighted by Gasteiger charge is 2.30. The van der Waals surface area contributed by atoms with Crippen molar-refractivity contribution in [2.24, 2.45) is 5.41 Å². The van der Waals surface area contributed by atoms with Crippen molar-refractivity contribution in [2.45, 2.75) is 13.3 Å². The predicted molar refractivity (Wildman–Crippen MR) is 53.3 cm³/mol. The first-order valence-corrected chi connectivity index (χ1v) is 4.87. The Kier molecular flexibility index (Phi) is 7.02. The van der Waals surface area contributed by atoms with Gasteiger partial charge in [0.05, 0.1) is 25.2 Å². The summed E-state index contributed by atoms with van der Waals surface area (Å²) in [6.45, 7) is 0.859. The van der Waals surface area contributed by atoms with E-state index in [-0.39, 0.29) is 6.61 Å². The second kappa shape index (κ2) is 7.44. The van der Waals surface area contributed by atoms with Crippen LogP contribution in [0.5, 0.6) is 0 Å². The third-order valence-electron chi connectivity index (χ3n) is 2.04. The van der Waals surface area contributed by atoms with Crippen molar-refractivity contribution in [3.8, 4) is 0 Å². The van der Waals surface area contributed by atoms with E-state index in [1.165, 1.54) is 0 Å². The van der Waals surface area contributed by atoms with Gasteiger partial charge in [-0.15, -0.1) is 0 Å². The molecule has 0 radical (unpaired) electrons. The number of alkyl carbamates (subject to hydrolysis) is 1. The highest BCUT2D eigenvalue weighted by molar-refractivity contribution is 5.67. The van der Waals surface area contributed by atoms with Gasteiger partial charge in [-0.2, -0.15) is 0 Å². The van der Waals surface area contributed by atoms with Crippen LogP contribution in [-0.2, 0) is 4.74 Å². The van der Waals surface area contributed by atoms with Crippen molar-refractivity contribution >= 4 is 6.09 Å². The van der Waals surface area contributed by atoms with Gasteiger partial charge in [0.25, 0.3) is 0 Å². The summed E-state index contributed by atoms with van der Waals surface area (Å²) >= 11 is 0. The van der Waals surface area contributed by atoms with E-state index >= 15 is 0 Å². The summed E-state index contributed by atoms with van der Waals surface area (Å²) < 4.78 is 4.75. The zero-order valence-electron chi connectivity index (χ0n) is 8.90. The lowest BCUT2D eigenvalue weighted by Crippen LogP contribution is -2.40. The predicted octanol–water partition coefficient (Wildman–Crippen LogP) is -0.914. The minimum Gasteiger partial charge on any atom is -0.449 e. The van der Waals surface area contributed by atoms with Gasteiger partial charge in [-0.1, -0.05) is 6.92 Å². The third-order valence-corrected chi connectivity index (χ3v) is 2.04. The summed E-state index contributed by atoms with van der Waals surface area (Å²) in [7, 11) is 0. The topological polar surface area (TPSA) is 99.0 Å². The molecule has 6 heteroatoms. The van der Waals surface area contributed by atoms with Crippen LogP contribution in [-0.4, -0.2) is 54.4 Å². The number of amides is 1. The van der Waals surface area contributed by atoms with E-state index in [1.54, 1.807) is 0 Å². The maximum Gasteiger partial charge on any atom is 0.407 e. The molecule has 0 aromatic rings. The van der Waals surface area contributed by atoms with Crippen LogP contribution in [0, 0.1) is 5.41 Å². The van der Waals surface area contributed by atoms with Crippen LogP contribution in [0.3, 0.4) is 0 Å². The van der Waals surface area contributed by atoms with Gasteiger partial charge in [0.1, 0.15) is 6.61 Å². The standard InChI is InChI=1S/C9H19NO5/c1-2-3-10-8(14)15-7-9(4-11,5-12)6-13/h11-13H,2-7H2,1H3,(H,10,14). The number of ether oxygens (including phenoxy) is 1. The molecule has 0 saturated heterocycles. The number of nitrogens with one attached hydrogen (secondary N) is 1. The largest absolute Gasteiger partial charge is 0.449 e. The molecule has 0 aliphatic heterocycles. The summed E-state index contributed by atoms with van der Waals surface area (Å²) in [5.74, 6) is 0. The summed E-state index contributed by atoms with van der Waals surface area (Å²) in [6, 6.07) is 0. The zero-order chi connectivity index (χ0) is 11.7. The molecule has 0 heterocycles. The lowest BCUT2D eigenvalue weighted by Gasteiger charge is -2.26. The average Bonchev–Trinajstić information content (AvgIpc) is 2.29. The van der Waals surface area contributed by atoms with E-state index in [4.69, 9.17) is 20.1 Å². The van der Waals surface area contributed by atoms with Crippen molar-refractivity contribution in [1.82, 2.24) is 5.32 Å². The summed E-state index contributed by atoms with van der Waals surface area (Å²) in [6.07, 6.45) is 0.178. The van der Waals surface area contributed by atoms with E-state index < -0.39 is 31.3 Å². The van der Waals surface area contributed by atoms with Gasteiger partial charge in [0, 0.05) is 6.54 Å². The Morgan fingerprint density at radius 2 is 1.80 bits per heavy atom. The number of aliphatic hydroxyl groups is 3. The molecule has 0 spiro atoms. The van der Waals surface area contributed by atoms with E-state index in [0.29, 0.717) is 6.54 Å². The highest BCUT2D eigenvalue weighted by Crippen LogP contribution is 2.14. The quantitative estimate of drug-likeness (QED) is 0.446. The summed E-state index contributed by atoms with van der Waals surface area (Å²) in [5, 5.41) is 29.3. The second-order valence-corrected chi connectivity index (χ2v) is 3.48. The maximum atomic E-state index is 11.0. The van der Waals surface area contributed by atoms with Gasteiger partial charge in [-0.25, -0.2) is 4.79 Å². The van der Waals surface area contributed by atoms with Crippen LogP contribution in [0.1, 0.15) is 13.3 Å². The number of hydrogen-bond donors (Lipinski definition) is 4. The smallest absolute Gasteiger partial charge is 0.407 e. The number of aliphatic hydroxyl groups excluding tert-OH is 3. The normalized spacial score (nSPS) is 11.2. The van der Waals surface area contributed by atoms with Crippen molar-refractivity contribution in [3.05, 3.63) is 0 Å². The Morgan fingerprint density at radius 1 is 1.27 bits per heavy atom. The maximum absolute atomic E-state index is 11.0. The first kappa shape index (κ1) is 14.2. The molecule has 4 N–H and O–H groups in total. The Labute approximate surface area is 88.9 Å². The van der Waals surface area contributed by atoms with Gasteiger partial charge in [0.15, 0.2) is 0 Å². The molecule has 0 saturated carbocycles. The molecule has 0 unspecified atom stereocenters. The van der Waals surface area contributed by atoms with E-state index in [9.17, 15) is 4.79 Å². The molecule has 0 aromatic carbocycles.